The fourth-order valence-corrected chi connectivity index (χ4v) is 4.45. The van der Waals surface area contributed by atoms with E-state index in [4.69, 9.17) is 11.6 Å². The van der Waals surface area contributed by atoms with Gasteiger partial charge < -0.3 is 14.8 Å². The molecule has 1 N–H and O–H groups in total. The van der Waals surface area contributed by atoms with Gasteiger partial charge in [0.15, 0.2) is 5.82 Å². The minimum atomic E-state index is -1.19. The van der Waals surface area contributed by atoms with Crippen LogP contribution in [0.3, 0.4) is 0 Å². The first-order valence-electron chi connectivity index (χ1n) is 10.9. The third-order valence-electron chi connectivity index (χ3n) is 6.26. The van der Waals surface area contributed by atoms with Gasteiger partial charge in [0.25, 0.3) is 5.91 Å². The number of imidazole rings is 1. The lowest BCUT2D eigenvalue weighted by atomic mass is 9.94. The van der Waals surface area contributed by atoms with E-state index in [2.05, 4.69) is 10.3 Å². The zero-order chi connectivity index (χ0) is 23.9. The van der Waals surface area contributed by atoms with Crippen molar-refractivity contribution in [3.05, 3.63) is 101 Å². The molecule has 2 heterocycles. The number of carbonyl (C=O) groups is 2. The van der Waals surface area contributed by atoms with Crippen LogP contribution in [-0.4, -0.2) is 31.8 Å². The number of carbonyl (C=O) groups excluding carboxylic acids is 2. The largest absolute Gasteiger partial charge is 0.350 e. The highest BCUT2D eigenvalue weighted by Crippen LogP contribution is 2.32. The van der Waals surface area contributed by atoms with Gasteiger partial charge in [-0.25, -0.2) is 9.37 Å². The minimum Gasteiger partial charge on any atom is -0.350 e. The van der Waals surface area contributed by atoms with Gasteiger partial charge >= 0.3 is 0 Å². The molecular formula is C26H22ClFN4O2. The quantitative estimate of drug-likeness (QED) is 0.459. The summed E-state index contributed by atoms with van der Waals surface area (Å²) >= 11 is 6.03. The molecule has 0 saturated carbocycles. The molecule has 34 heavy (non-hydrogen) atoms. The third-order valence-corrected chi connectivity index (χ3v) is 6.51. The van der Waals surface area contributed by atoms with Crippen LogP contribution in [0.25, 0.3) is 11.0 Å². The van der Waals surface area contributed by atoms with Gasteiger partial charge in [-0.2, -0.15) is 0 Å². The fourth-order valence-electron chi connectivity index (χ4n) is 4.32. The van der Waals surface area contributed by atoms with Gasteiger partial charge in [0, 0.05) is 18.1 Å². The molecule has 0 spiro atoms. The molecule has 1 aromatic heterocycles. The van der Waals surface area contributed by atoms with Crippen molar-refractivity contribution in [3.63, 3.8) is 0 Å². The first-order valence-corrected chi connectivity index (χ1v) is 11.3. The molecule has 2 amide bonds. The van der Waals surface area contributed by atoms with Gasteiger partial charge in [-0.05, 0) is 54.4 Å². The van der Waals surface area contributed by atoms with Crippen LogP contribution in [0.2, 0.25) is 5.02 Å². The molecule has 1 atom stereocenters. The Bertz CT molecular complexity index is 1380. The minimum absolute atomic E-state index is 0.217. The Morgan fingerprint density at radius 1 is 1.06 bits per heavy atom. The number of hydrogen-bond acceptors (Lipinski definition) is 3. The van der Waals surface area contributed by atoms with E-state index in [-0.39, 0.29) is 37.3 Å². The summed E-state index contributed by atoms with van der Waals surface area (Å²) in [5.74, 6) is -0.660. The number of fused-ring (bicyclic) bond motifs is 3. The maximum absolute atomic E-state index is 13.7. The lowest BCUT2D eigenvalue weighted by molar-refractivity contribution is -0.133. The van der Waals surface area contributed by atoms with Crippen LogP contribution in [0.4, 0.5) is 4.39 Å². The van der Waals surface area contributed by atoms with E-state index in [9.17, 15) is 14.0 Å². The topological polar surface area (TPSA) is 67.2 Å². The van der Waals surface area contributed by atoms with E-state index in [0.29, 0.717) is 16.4 Å². The number of amides is 2. The van der Waals surface area contributed by atoms with Crippen LogP contribution >= 0.6 is 11.6 Å². The van der Waals surface area contributed by atoms with E-state index in [1.807, 2.05) is 41.0 Å². The number of hydrogen-bond donors (Lipinski definition) is 1. The van der Waals surface area contributed by atoms with E-state index >= 15 is 0 Å². The summed E-state index contributed by atoms with van der Waals surface area (Å²) in [7, 11) is 0. The molecule has 0 fully saturated rings. The zero-order valence-corrected chi connectivity index (χ0v) is 19.2. The molecule has 1 aliphatic rings. The second-order valence-electron chi connectivity index (χ2n) is 8.61. The molecule has 0 bridgehead atoms. The molecule has 172 valence electrons. The molecular weight excluding hydrogens is 455 g/mol. The summed E-state index contributed by atoms with van der Waals surface area (Å²) < 4.78 is 15.1. The Morgan fingerprint density at radius 2 is 1.74 bits per heavy atom. The SMILES string of the molecule is C[C@@]1(C(=O)NCc2ccc(F)cc2)Cn2c(nc3ccccc32)C(=O)N1Cc1ccc(Cl)cc1. The van der Waals surface area contributed by atoms with E-state index in [1.165, 1.54) is 12.1 Å². The number of nitrogens with one attached hydrogen (secondary N) is 1. The summed E-state index contributed by atoms with van der Waals surface area (Å²) in [6, 6.07) is 20.6. The molecule has 1 aliphatic heterocycles. The second-order valence-corrected chi connectivity index (χ2v) is 9.05. The van der Waals surface area contributed by atoms with Gasteiger partial charge in [-0.15, -0.1) is 0 Å². The molecule has 5 rings (SSSR count). The van der Waals surface area contributed by atoms with Crippen molar-refractivity contribution in [3.8, 4) is 0 Å². The Kier molecular flexibility index (Phi) is 5.57. The van der Waals surface area contributed by atoms with Crippen molar-refractivity contribution in [1.29, 1.82) is 0 Å². The first kappa shape index (κ1) is 22.1. The van der Waals surface area contributed by atoms with Gasteiger partial charge in [0.05, 0.1) is 17.6 Å². The Labute approximate surface area is 201 Å². The number of benzene rings is 3. The molecule has 4 aromatic rings. The number of aromatic nitrogens is 2. The second kappa shape index (κ2) is 8.57. The van der Waals surface area contributed by atoms with Crippen molar-refractivity contribution in [2.45, 2.75) is 32.1 Å². The number of para-hydroxylation sites is 2. The third kappa shape index (κ3) is 3.92. The maximum atomic E-state index is 13.7. The van der Waals surface area contributed by atoms with Crippen LogP contribution < -0.4 is 5.32 Å². The van der Waals surface area contributed by atoms with Crippen molar-refractivity contribution < 1.29 is 14.0 Å². The molecule has 0 aliphatic carbocycles. The van der Waals surface area contributed by atoms with E-state index in [1.54, 1.807) is 36.1 Å². The lowest BCUT2D eigenvalue weighted by Crippen LogP contribution is -2.63. The number of nitrogens with zero attached hydrogens (tertiary/aromatic N) is 3. The van der Waals surface area contributed by atoms with Crippen LogP contribution in [-0.2, 0) is 24.4 Å². The van der Waals surface area contributed by atoms with Crippen molar-refractivity contribution in [2.75, 3.05) is 0 Å². The highest BCUT2D eigenvalue weighted by atomic mass is 35.5. The highest BCUT2D eigenvalue weighted by Gasteiger charge is 2.48. The first-order chi connectivity index (χ1) is 16.3. The van der Waals surface area contributed by atoms with E-state index in [0.717, 1.165) is 16.6 Å². The summed E-state index contributed by atoms with van der Waals surface area (Å²) in [5.41, 5.74) is 1.92. The lowest BCUT2D eigenvalue weighted by Gasteiger charge is -2.43. The Balaban J connectivity index is 1.51. The predicted molar refractivity (Wildman–Crippen MR) is 128 cm³/mol. The molecule has 0 radical (unpaired) electrons. The van der Waals surface area contributed by atoms with E-state index < -0.39 is 5.54 Å². The van der Waals surface area contributed by atoms with Crippen LogP contribution in [0.1, 0.15) is 28.7 Å². The highest BCUT2D eigenvalue weighted by molar-refractivity contribution is 6.30. The molecule has 0 unspecified atom stereocenters. The predicted octanol–water partition coefficient (Wildman–Crippen LogP) is 4.56. The summed E-state index contributed by atoms with van der Waals surface area (Å²) in [6.45, 7) is 2.45. The standard InChI is InChI=1S/C26H22ClFN4O2/c1-26(25(34)29-14-17-8-12-20(28)13-9-17)16-31-22-5-3-2-4-21(22)30-23(31)24(33)32(26)15-18-6-10-19(27)11-7-18/h2-13H,14-16H2,1H3,(H,29,34)/t26-/m0/s1. The van der Waals surface area contributed by atoms with Gasteiger partial charge in [0.1, 0.15) is 11.4 Å². The normalized spacial score (nSPS) is 17.6. The van der Waals surface area contributed by atoms with Gasteiger partial charge in [-0.1, -0.05) is 48.0 Å². The van der Waals surface area contributed by atoms with Crippen LogP contribution in [0.5, 0.6) is 0 Å². The van der Waals surface area contributed by atoms with Gasteiger partial charge in [0.2, 0.25) is 5.91 Å². The van der Waals surface area contributed by atoms with Crippen molar-refractivity contribution >= 4 is 34.4 Å². The smallest absolute Gasteiger partial charge is 0.291 e. The maximum Gasteiger partial charge on any atom is 0.291 e. The monoisotopic (exact) mass is 476 g/mol. The Hall–Kier alpha value is -3.71. The number of halogens is 2. The summed E-state index contributed by atoms with van der Waals surface area (Å²) in [5, 5.41) is 3.53. The molecule has 6 nitrogen and oxygen atoms in total. The van der Waals surface area contributed by atoms with Crippen molar-refractivity contribution in [1.82, 2.24) is 19.8 Å². The average molecular weight is 477 g/mol. The number of rotatable bonds is 5. The summed E-state index contributed by atoms with van der Waals surface area (Å²) in [6.07, 6.45) is 0. The summed E-state index contributed by atoms with van der Waals surface area (Å²) in [4.78, 5) is 33.4. The van der Waals surface area contributed by atoms with Crippen LogP contribution in [0.15, 0.2) is 72.8 Å². The Morgan fingerprint density at radius 3 is 2.47 bits per heavy atom. The van der Waals surface area contributed by atoms with Gasteiger partial charge in [-0.3, -0.25) is 9.59 Å². The molecule has 8 heteroatoms. The zero-order valence-electron chi connectivity index (χ0n) is 18.5. The average Bonchev–Trinajstić information content (AvgIpc) is 3.21. The molecule has 3 aromatic carbocycles. The molecule has 0 saturated heterocycles. The van der Waals surface area contributed by atoms with Crippen molar-refractivity contribution in [2.24, 2.45) is 0 Å². The fraction of sp³-hybridized carbons (Fsp3) is 0.192. The van der Waals surface area contributed by atoms with Crippen LogP contribution in [0, 0.1) is 5.82 Å².